The zero-order valence-corrected chi connectivity index (χ0v) is 14.1. The van der Waals surface area contributed by atoms with Gasteiger partial charge in [-0.3, -0.25) is 0 Å². The molecule has 1 aromatic carbocycles. The van der Waals surface area contributed by atoms with Crippen LogP contribution in [-0.4, -0.2) is 6.54 Å². The summed E-state index contributed by atoms with van der Waals surface area (Å²) in [6.07, 6.45) is 1.10. The normalized spacial score (nSPS) is 13.4. The Morgan fingerprint density at radius 3 is 2.43 bits per heavy atom. The highest BCUT2D eigenvalue weighted by Crippen LogP contribution is 2.38. The maximum atomic E-state index is 13.2. The third-order valence-electron chi connectivity index (χ3n) is 3.99. The van der Waals surface area contributed by atoms with Gasteiger partial charge < -0.3 is 5.32 Å². The van der Waals surface area contributed by atoms with Gasteiger partial charge in [0.05, 0.1) is 0 Å². The molecule has 0 saturated carbocycles. The zero-order chi connectivity index (χ0) is 15.5. The molecule has 3 heteroatoms. The quantitative estimate of drug-likeness (QED) is 0.772. The summed E-state index contributed by atoms with van der Waals surface area (Å²) in [5.74, 6) is -0.181. The highest BCUT2D eigenvalue weighted by Gasteiger charge is 2.32. The summed E-state index contributed by atoms with van der Waals surface area (Å²) < 4.78 is 13.2. The lowest BCUT2D eigenvalue weighted by molar-refractivity contribution is 0.348. The average molecular weight is 305 g/mol. The van der Waals surface area contributed by atoms with Gasteiger partial charge >= 0.3 is 0 Å². The first-order chi connectivity index (χ1) is 9.95. The Morgan fingerprint density at radius 2 is 1.90 bits per heavy atom. The molecule has 0 spiro atoms. The van der Waals surface area contributed by atoms with Gasteiger partial charge in [-0.2, -0.15) is 0 Å². The maximum absolute atomic E-state index is 13.2. The van der Waals surface area contributed by atoms with E-state index in [1.807, 2.05) is 12.1 Å². The summed E-state index contributed by atoms with van der Waals surface area (Å²) in [5.41, 5.74) is 2.37. The molecule has 0 amide bonds. The summed E-state index contributed by atoms with van der Waals surface area (Å²) in [6.45, 7) is 9.73. The first-order valence-corrected chi connectivity index (χ1v) is 8.37. The van der Waals surface area contributed by atoms with Crippen molar-refractivity contribution in [3.05, 3.63) is 57.5 Å². The Kier molecular flexibility index (Phi) is 5.17. The molecule has 0 radical (unpaired) electrons. The van der Waals surface area contributed by atoms with Crippen LogP contribution in [0.3, 0.4) is 0 Å². The molecule has 0 aliphatic heterocycles. The van der Waals surface area contributed by atoms with E-state index in [0.29, 0.717) is 0 Å². The number of thiophene rings is 1. The van der Waals surface area contributed by atoms with Crippen molar-refractivity contribution >= 4 is 11.3 Å². The van der Waals surface area contributed by atoms with Crippen molar-refractivity contribution in [2.45, 2.75) is 45.6 Å². The van der Waals surface area contributed by atoms with Gasteiger partial charge in [0.25, 0.3) is 0 Å². The predicted molar refractivity (Wildman–Crippen MR) is 89.5 cm³/mol. The molecule has 2 aromatic rings. The summed E-state index contributed by atoms with van der Waals surface area (Å²) in [6, 6.07) is 9.38. The number of hydrogen-bond acceptors (Lipinski definition) is 2. The minimum absolute atomic E-state index is 0.101. The second-order valence-corrected chi connectivity index (χ2v) is 7.22. The summed E-state index contributed by atoms with van der Waals surface area (Å²) in [4.78, 5) is 1.32. The van der Waals surface area contributed by atoms with Crippen LogP contribution in [0, 0.1) is 12.7 Å². The number of benzene rings is 1. The van der Waals surface area contributed by atoms with E-state index in [-0.39, 0.29) is 17.3 Å². The molecule has 2 rings (SSSR count). The standard InChI is InChI=1S/C18H24FNS/c1-5-10-20-17(14-11-13(2)21-12-14)18(3,4)15-6-8-16(19)9-7-15/h6-9,11-12,17,20H,5,10H2,1-4H3. The molecule has 114 valence electrons. The molecule has 1 aromatic heterocycles. The lowest BCUT2D eigenvalue weighted by Crippen LogP contribution is -2.37. The van der Waals surface area contributed by atoms with Crippen molar-refractivity contribution in [2.75, 3.05) is 6.54 Å². The Hall–Kier alpha value is -1.19. The van der Waals surface area contributed by atoms with E-state index in [9.17, 15) is 4.39 Å². The van der Waals surface area contributed by atoms with Gasteiger partial charge in [-0.15, -0.1) is 11.3 Å². The van der Waals surface area contributed by atoms with Crippen LogP contribution in [0.5, 0.6) is 0 Å². The first-order valence-electron chi connectivity index (χ1n) is 7.49. The van der Waals surface area contributed by atoms with Gasteiger partial charge in [0.2, 0.25) is 0 Å². The monoisotopic (exact) mass is 305 g/mol. The number of halogens is 1. The topological polar surface area (TPSA) is 12.0 Å². The number of rotatable bonds is 6. The van der Waals surface area contributed by atoms with Crippen LogP contribution in [0.2, 0.25) is 0 Å². The molecule has 1 atom stereocenters. The van der Waals surface area contributed by atoms with E-state index in [1.54, 1.807) is 23.5 Å². The smallest absolute Gasteiger partial charge is 0.123 e. The number of hydrogen-bond donors (Lipinski definition) is 1. The zero-order valence-electron chi connectivity index (χ0n) is 13.2. The van der Waals surface area contributed by atoms with Crippen molar-refractivity contribution in [2.24, 2.45) is 0 Å². The highest BCUT2D eigenvalue weighted by molar-refractivity contribution is 7.10. The van der Waals surface area contributed by atoms with Crippen LogP contribution < -0.4 is 5.32 Å². The van der Waals surface area contributed by atoms with E-state index in [1.165, 1.54) is 10.4 Å². The Bertz CT molecular complexity index is 571. The molecule has 1 nitrogen and oxygen atoms in total. The lowest BCUT2D eigenvalue weighted by Gasteiger charge is -2.35. The molecule has 0 fully saturated rings. The van der Waals surface area contributed by atoms with Crippen molar-refractivity contribution < 1.29 is 4.39 Å². The fourth-order valence-corrected chi connectivity index (χ4v) is 3.47. The van der Waals surface area contributed by atoms with Gasteiger partial charge in [0, 0.05) is 16.3 Å². The van der Waals surface area contributed by atoms with Gasteiger partial charge in [0.1, 0.15) is 5.82 Å². The summed E-state index contributed by atoms with van der Waals surface area (Å²) >= 11 is 1.78. The fourth-order valence-electron chi connectivity index (χ4n) is 2.74. The van der Waals surface area contributed by atoms with Gasteiger partial charge in [-0.25, -0.2) is 4.39 Å². The second kappa shape index (κ2) is 6.71. The van der Waals surface area contributed by atoms with Crippen molar-refractivity contribution in [1.82, 2.24) is 5.32 Å². The van der Waals surface area contributed by atoms with E-state index in [4.69, 9.17) is 0 Å². The van der Waals surface area contributed by atoms with E-state index in [2.05, 4.69) is 44.5 Å². The molecule has 0 bridgehead atoms. The van der Waals surface area contributed by atoms with E-state index >= 15 is 0 Å². The molecule has 1 N–H and O–H groups in total. The van der Waals surface area contributed by atoms with Crippen molar-refractivity contribution in [1.29, 1.82) is 0 Å². The largest absolute Gasteiger partial charge is 0.309 e. The maximum Gasteiger partial charge on any atom is 0.123 e. The fraction of sp³-hybridized carbons (Fsp3) is 0.444. The molecular weight excluding hydrogens is 281 g/mol. The van der Waals surface area contributed by atoms with Crippen LogP contribution in [0.25, 0.3) is 0 Å². The Labute approximate surface area is 131 Å². The summed E-state index contributed by atoms with van der Waals surface area (Å²) in [7, 11) is 0. The molecule has 1 heterocycles. The molecule has 0 aliphatic carbocycles. The third kappa shape index (κ3) is 3.72. The first kappa shape index (κ1) is 16.2. The second-order valence-electron chi connectivity index (χ2n) is 6.11. The van der Waals surface area contributed by atoms with Crippen LogP contribution in [-0.2, 0) is 5.41 Å². The van der Waals surface area contributed by atoms with Crippen LogP contribution in [0.1, 0.15) is 49.2 Å². The van der Waals surface area contributed by atoms with E-state index < -0.39 is 0 Å². The van der Waals surface area contributed by atoms with Crippen LogP contribution in [0.15, 0.2) is 35.7 Å². The van der Waals surface area contributed by atoms with Crippen LogP contribution >= 0.6 is 11.3 Å². The lowest BCUT2D eigenvalue weighted by atomic mass is 9.75. The van der Waals surface area contributed by atoms with Gasteiger partial charge in [-0.1, -0.05) is 32.9 Å². The van der Waals surface area contributed by atoms with Gasteiger partial charge in [0.15, 0.2) is 0 Å². The summed E-state index contributed by atoms with van der Waals surface area (Å²) in [5, 5.41) is 5.90. The van der Waals surface area contributed by atoms with Crippen molar-refractivity contribution in [3.63, 3.8) is 0 Å². The molecule has 1 unspecified atom stereocenters. The van der Waals surface area contributed by atoms with Gasteiger partial charge in [-0.05, 0) is 54.6 Å². The number of nitrogens with one attached hydrogen (secondary N) is 1. The minimum atomic E-state index is -0.181. The van der Waals surface area contributed by atoms with Crippen LogP contribution in [0.4, 0.5) is 4.39 Å². The Balaban J connectivity index is 2.36. The molecule has 0 aliphatic rings. The highest BCUT2D eigenvalue weighted by atomic mass is 32.1. The average Bonchev–Trinajstić information content (AvgIpc) is 2.86. The number of aryl methyl sites for hydroxylation is 1. The molecular formula is C18H24FNS. The van der Waals surface area contributed by atoms with Crippen molar-refractivity contribution in [3.8, 4) is 0 Å². The molecule has 0 saturated heterocycles. The predicted octanol–water partition coefficient (Wildman–Crippen LogP) is 5.21. The Morgan fingerprint density at radius 1 is 1.24 bits per heavy atom. The molecule has 21 heavy (non-hydrogen) atoms. The third-order valence-corrected chi connectivity index (χ3v) is 4.87. The minimum Gasteiger partial charge on any atom is -0.309 e. The SMILES string of the molecule is CCCNC(c1csc(C)c1)C(C)(C)c1ccc(F)cc1. The van der Waals surface area contributed by atoms with E-state index in [0.717, 1.165) is 18.5 Å².